The van der Waals surface area contributed by atoms with Gasteiger partial charge in [-0.25, -0.2) is 0 Å². The molecule has 3 heteroatoms. The molecular weight excluding hydrogens is 871 g/mol. The lowest BCUT2D eigenvalue weighted by molar-refractivity contribution is 0.778. The van der Waals surface area contributed by atoms with Crippen molar-refractivity contribution >= 4 is 77.5 Å². The lowest BCUT2D eigenvalue weighted by Gasteiger charge is -2.35. The van der Waals surface area contributed by atoms with Gasteiger partial charge in [0.25, 0.3) is 0 Å². The van der Waals surface area contributed by atoms with E-state index in [0.29, 0.717) is 0 Å². The van der Waals surface area contributed by atoms with Crippen molar-refractivity contribution in [2.45, 2.75) is 5.41 Å². The molecule has 1 atom stereocenters. The first-order valence-corrected chi connectivity index (χ1v) is 24.3. The normalized spacial score (nSPS) is 15.2. The summed E-state index contributed by atoms with van der Waals surface area (Å²) in [6.07, 6.45) is 0. The number of anilines is 6. The third-order valence-corrected chi connectivity index (χ3v) is 14.5. The van der Waals surface area contributed by atoms with Gasteiger partial charge in [0.2, 0.25) is 0 Å². The van der Waals surface area contributed by atoms with Crippen LogP contribution in [0.5, 0.6) is 0 Å². The van der Waals surface area contributed by atoms with Crippen molar-refractivity contribution in [2.24, 2.45) is 0 Å². The lowest BCUT2D eigenvalue weighted by atomic mass is 9.66. The van der Waals surface area contributed by atoms with Crippen molar-refractivity contribution in [1.82, 2.24) is 4.57 Å². The lowest BCUT2D eigenvalue weighted by Crippen LogP contribution is -2.29. The molecule has 14 rings (SSSR count). The molecule has 1 unspecified atom stereocenters. The van der Waals surface area contributed by atoms with E-state index in [1.54, 1.807) is 0 Å². The summed E-state index contributed by atoms with van der Waals surface area (Å²) in [7, 11) is 0. The minimum Gasteiger partial charge on any atom is -0.310 e. The Balaban J connectivity index is 1.16. The molecule has 1 heterocycles. The number of para-hydroxylation sites is 5. The molecule has 1 aliphatic rings. The molecule has 1 aliphatic carbocycles. The molecule has 0 amide bonds. The van der Waals surface area contributed by atoms with E-state index in [1.165, 1.54) is 0 Å². The molecule has 338 valence electrons. The molecule has 13 aromatic rings. The predicted molar refractivity (Wildman–Crippen MR) is 302 cm³/mol. The van der Waals surface area contributed by atoms with Crippen LogP contribution in [0.3, 0.4) is 0 Å². The van der Waals surface area contributed by atoms with Gasteiger partial charge in [-0.2, -0.15) is 0 Å². The maximum absolute atomic E-state index is 10.3. The molecule has 0 radical (unpaired) electrons. The highest BCUT2D eigenvalue weighted by atomic mass is 15.1. The highest BCUT2D eigenvalue weighted by molar-refractivity contribution is 6.10. The average Bonchev–Trinajstić information content (AvgIpc) is 3.64. The summed E-state index contributed by atoms with van der Waals surface area (Å²) in [5.41, 5.74) is 11.1. The van der Waals surface area contributed by atoms with E-state index >= 15 is 0 Å². The number of fused-ring (bicyclic) bond motifs is 8. The summed E-state index contributed by atoms with van der Waals surface area (Å²) in [5.74, 6) is 0. The molecule has 0 saturated carbocycles. The van der Waals surface area contributed by atoms with Gasteiger partial charge in [0, 0.05) is 50.3 Å². The molecule has 3 nitrogen and oxygen atoms in total. The summed E-state index contributed by atoms with van der Waals surface area (Å²) >= 11 is 0. The topological polar surface area (TPSA) is 11.4 Å². The molecule has 0 fully saturated rings. The van der Waals surface area contributed by atoms with Crippen LogP contribution < -0.4 is 9.80 Å². The summed E-state index contributed by atoms with van der Waals surface area (Å²) in [5, 5.41) is 4.02. The van der Waals surface area contributed by atoms with Crippen molar-refractivity contribution in [3.8, 4) is 16.8 Å². The Kier molecular flexibility index (Phi) is 8.17. The van der Waals surface area contributed by atoms with E-state index in [-0.39, 0.29) is 28.4 Å². The number of nitrogens with zero attached hydrogens (tertiary/aromatic N) is 3. The minimum absolute atomic E-state index is 0.0348. The molecule has 0 bridgehead atoms. The van der Waals surface area contributed by atoms with Gasteiger partial charge in [0.05, 0.1) is 31.7 Å². The number of aromatic nitrogens is 1. The first kappa shape index (κ1) is 34.8. The fourth-order valence-electron chi connectivity index (χ4n) is 11.5. The number of rotatable bonds is 9. The van der Waals surface area contributed by atoms with E-state index in [1.807, 2.05) is 91.0 Å². The van der Waals surface area contributed by atoms with Crippen LogP contribution in [-0.2, 0) is 5.41 Å². The van der Waals surface area contributed by atoms with E-state index in [9.17, 15) is 8.22 Å². The first-order valence-electron chi connectivity index (χ1n) is 27.8. The first-order chi connectivity index (χ1) is 38.6. The standard InChI is InChI=1S/C69H47N3/c1-5-25-51(26-6-1)70(52-27-7-2-8-28-52)55-40-42-64-60(46-55)61-47-56(71(53-29-9-3-10-30-53)66-38-20-24-49-22-14-16-34-58(49)66)41-43-65(61)69(64,63-36-19-23-48-21-13-15-33-57(48)63)50-39-44-68-62(45-50)59-35-17-18-37-67(59)72(68)54-31-11-4-12-32-54/h1-47H/i13D,15D,19D,21D,23D,33D,36D. The Bertz CT molecular complexity index is 4530. The minimum atomic E-state index is -1.52. The second-order valence-corrected chi connectivity index (χ2v) is 18.3. The van der Waals surface area contributed by atoms with Gasteiger partial charge >= 0.3 is 0 Å². The van der Waals surface area contributed by atoms with Crippen LogP contribution in [-0.4, -0.2) is 4.57 Å². The van der Waals surface area contributed by atoms with Crippen molar-refractivity contribution in [2.75, 3.05) is 9.80 Å². The Morgan fingerprint density at radius 3 is 1.57 bits per heavy atom. The van der Waals surface area contributed by atoms with Gasteiger partial charge < -0.3 is 14.4 Å². The van der Waals surface area contributed by atoms with Crippen molar-refractivity contribution in [1.29, 1.82) is 0 Å². The third kappa shape index (κ3) is 6.45. The van der Waals surface area contributed by atoms with E-state index in [4.69, 9.17) is 1.37 Å². The molecule has 12 aromatic carbocycles. The van der Waals surface area contributed by atoms with Gasteiger partial charge in [-0.05, 0) is 147 Å². The maximum atomic E-state index is 10.3. The summed E-state index contributed by atoms with van der Waals surface area (Å²) in [6.45, 7) is 0. The van der Waals surface area contributed by atoms with Crippen LogP contribution in [0.15, 0.2) is 285 Å². The van der Waals surface area contributed by atoms with E-state index in [2.05, 4.69) is 166 Å². The number of hydrogen-bond acceptors (Lipinski definition) is 2. The highest BCUT2D eigenvalue weighted by Crippen LogP contribution is 2.60. The van der Waals surface area contributed by atoms with Gasteiger partial charge in [-0.1, -0.05) is 188 Å². The highest BCUT2D eigenvalue weighted by Gasteiger charge is 2.48. The predicted octanol–water partition coefficient (Wildman–Crippen LogP) is 18.4. The average molecular weight is 925 g/mol. The molecule has 1 aromatic heterocycles. The quantitative estimate of drug-likeness (QED) is 0.143. The van der Waals surface area contributed by atoms with Crippen LogP contribution in [0.25, 0.3) is 60.2 Å². The Morgan fingerprint density at radius 2 is 0.875 bits per heavy atom. The third-order valence-electron chi connectivity index (χ3n) is 14.5. The molecule has 0 spiro atoms. The zero-order valence-corrected chi connectivity index (χ0v) is 38.9. The van der Waals surface area contributed by atoms with Crippen LogP contribution in [0.1, 0.15) is 31.8 Å². The van der Waals surface area contributed by atoms with Gasteiger partial charge in [-0.3, -0.25) is 0 Å². The Hall–Kier alpha value is -9.44. The SMILES string of the molecule is [2H]c1c([2H])c([2H])c2c(C3(c4ccc5c(c4)c4ccccc4n5-c4ccccc4)c4ccc(N(c5ccccc5)c5ccccc5)cc4-c4cc(N(c5ccccc5)c5cccc6ccccc56)ccc43)c([2H])c([2H])c([2H])c2c1[2H]. The largest absolute Gasteiger partial charge is 0.310 e. The smallest absolute Gasteiger partial charge is 0.0719 e. The summed E-state index contributed by atoms with van der Waals surface area (Å²) < 4.78 is 69.0. The van der Waals surface area contributed by atoms with Crippen molar-refractivity contribution in [3.63, 3.8) is 0 Å². The molecule has 0 saturated heterocycles. The van der Waals surface area contributed by atoms with Gasteiger partial charge in [0.15, 0.2) is 0 Å². The monoisotopic (exact) mass is 924 g/mol. The molecule has 0 N–H and O–H groups in total. The fourth-order valence-corrected chi connectivity index (χ4v) is 11.5. The second kappa shape index (κ2) is 16.9. The maximum Gasteiger partial charge on any atom is 0.0719 e. The van der Waals surface area contributed by atoms with Crippen molar-refractivity contribution in [3.05, 3.63) is 307 Å². The van der Waals surface area contributed by atoms with Crippen LogP contribution in [0, 0.1) is 0 Å². The molecule has 0 aliphatic heterocycles. The molecular formula is C69H47N3. The Morgan fingerprint density at radius 1 is 0.333 bits per heavy atom. The van der Waals surface area contributed by atoms with Gasteiger partial charge in [-0.15, -0.1) is 0 Å². The zero-order chi connectivity index (χ0) is 53.7. The number of benzene rings is 12. The summed E-state index contributed by atoms with van der Waals surface area (Å²) in [6, 6.07) is 80.3. The zero-order valence-electron chi connectivity index (χ0n) is 45.9. The van der Waals surface area contributed by atoms with Crippen LogP contribution >= 0.6 is 0 Å². The number of hydrogen-bond donors (Lipinski definition) is 0. The van der Waals surface area contributed by atoms with E-state index < -0.39 is 35.6 Å². The second-order valence-electron chi connectivity index (χ2n) is 18.3. The molecule has 72 heavy (non-hydrogen) atoms. The van der Waals surface area contributed by atoms with E-state index in [0.717, 1.165) is 100 Å². The summed E-state index contributed by atoms with van der Waals surface area (Å²) in [4.78, 5) is 4.49. The Labute approximate surface area is 429 Å². The van der Waals surface area contributed by atoms with Gasteiger partial charge in [0.1, 0.15) is 0 Å². The van der Waals surface area contributed by atoms with Crippen LogP contribution in [0.2, 0.25) is 0 Å². The fraction of sp³-hybridized carbons (Fsp3) is 0.0145. The van der Waals surface area contributed by atoms with Crippen LogP contribution in [0.4, 0.5) is 34.1 Å². The van der Waals surface area contributed by atoms with Crippen molar-refractivity contribution < 1.29 is 9.60 Å².